The number of thiophene rings is 1. The van der Waals surface area contributed by atoms with Crippen LogP contribution in [0, 0.1) is 11.3 Å². The molecule has 3 N–H and O–H groups in total. The van der Waals surface area contributed by atoms with Crippen LogP contribution < -0.4 is 16.6 Å². The maximum atomic E-state index is 11.8. The second-order valence-electron chi connectivity index (χ2n) is 3.75. The van der Waals surface area contributed by atoms with Crippen molar-refractivity contribution >= 4 is 27.9 Å². The number of carbonyl (C=O) groups is 1. The molecule has 0 aliphatic rings. The highest BCUT2D eigenvalue weighted by Gasteiger charge is 2.09. The molecule has 0 saturated heterocycles. The SMILES string of the molecule is N#Cc1ccsc1NC(=O)Cn1cc(N)ccc1=O. The molecule has 0 spiro atoms. The molecule has 0 atom stereocenters. The predicted molar refractivity (Wildman–Crippen MR) is 72.8 cm³/mol. The van der Waals surface area contributed by atoms with Gasteiger partial charge in [-0.2, -0.15) is 5.26 Å². The molecule has 96 valence electrons. The topological polar surface area (TPSA) is 101 Å². The fourth-order valence-corrected chi connectivity index (χ4v) is 2.24. The molecule has 2 aromatic heterocycles. The van der Waals surface area contributed by atoms with Crippen LogP contribution >= 0.6 is 11.3 Å². The molecule has 2 aromatic rings. The van der Waals surface area contributed by atoms with Crippen LogP contribution in [0.1, 0.15) is 5.56 Å². The van der Waals surface area contributed by atoms with Gasteiger partial charge in [0, 0.05) is 18.0 Å². The van der Waals surface area contributed by atoms with E-state index in [2.05, 4.69) is 5.32 Å². The van der Waals surface area contributed by atoms with Crippen molar-refractivity contribution in [1.82, 2.24) is 4.57 Å². The van der Waals surface area contributed by atoms with E-state index in [9.17, 15) is 9.59 Å². The monoisotopic (exact) mass is 274 g/mol. The van der Waals surface area contributed by atoms with Crippen LogP contribution in [0.4, 0.5) is 10.7 Å². The van der Waals surface area contributed by atoms with Gasteiger partial charge >= 0.3 is 0 Å². The van der Waals surface area contributed by atoms with Crippen molar-refractivity contribution < 1.29 is 4.79 Å². The standard InChI is InChI=1S/C12H10N4O2S/c13-5-8-3-4-19-12(8)15-10(17)7-16-6-9(14)1-2-11(16)18/h1-4,6H,7,14H2,(H,15,17). The first-order valence-corrected chi connectivity index (χ1v) is 6.21. The first kappa shape index (κ1) is 12.9. The van der Waals surface area contributed by atoms with E-state index >= 15 is 0 Å². The lowest BCUT2D eigenvalue weighted by molar-refractivity contribution is -0.116. The lowest BCUT2D eigenvalue weighted by Gasteiger charge is -2.06. The number of hydrogen-bond donors (Lipinski definition) is 2. The Labute approximate surface area is 112 Å². The second-order valence-corrected chi connectivity index (χ2v) is 4.67. The van der Waals surface area contributed by atoms with Crippen LogP contribution in [0.3, 0.4) is 0 Å². The number of amides is 1. The molecule has 0 radical (unpaired) electrons. The van der Waals surface area contributed by atoms with Crippen LogP contribution in [0.15, 0.2) is 34.6 Å². The van der Waals surface area contributed by atoms with Crippen molar-refractivity contribution in [3.05, 3.63) is 45.7 Å². The Morgan fingerprint density at radius 3 is 3.00 bits per heavy atom. The lowest BCUT2D eigenvalue weighted by Crippen LogP contribution is -2.26. The first-order valence-electron chi connectivity index (χ1n) is 5.33. The van der Waals surface area contributed by atoms with Crippen LogP contribution in [0.5, 0.6) is 0 Å². The minimum Gasteiger partial charge on any atom is -0.398 e. The van der Waals surface area contributed by atoms with Crippen LogP contribution in [-0.4, -0.2) is 10.5 Å². The van der Waals surface area contributed by atoms with Crippen LogP contribution in [0.2, 0.25) is 0 Å². The fourth-order valence-electron chi connectivity index (χ4n) is 1.49. The van der Waals surface area contributed by atoms with E-state index in [1.54, 1.807) is 11.4 Å². The van der Waals surface area contributed by atoms with Crippen LogP contribution in [0.25, 0.3) is 0 Å². The summed E-state index contributed by atoms with van der Waals surface area (Å²) in [5, 5.41) is 13.6. The number of nitrogen functional groups attached to an aromatic ring is 1. The Hall–Kier alpha value is -2.59. The average molecular weight is 274 g/mol. The molecule has 0 bridgehead atoms. The van der Waals surface area contributed by atoms with E-state index < -0.39 is 0 Å². The van der Waals surface area contributed by atoms with Gasteiger partial charge in [0.25, 0.3) is 5.56 Å². The summed E-state index contributed by atoms with van der Waals surface area (Å²) < 4.78 is 1.21. The molecule has 7 heteroatoms. The summed E-state index contributed by atoms with van der Waals surface area (Å²) in [6.45, 7) is -0.146. The quantitative estimate of drug-likeness (QED) is 0.871. The number of nitrogens with zero attached hydrogens (tertiary/aromatic N) is 2. The molecule has 0 unspecified atom stereocenters. The van der Waals surface area contributed by atoms with E-state index in [0.717, 1.165) is 0 Å². The van der Waals surface area contributed by atoms with Crippen molar-refractivity contribution in [1.29, 1.82) is 5.26 Å². The number of nitriles is 1. The fraction of sp³-hybridized carbons (Fsp3) is 0.0833. The summed E-state index contributed by atoms with van der Waals surface area (Å²) in [6, 6.07) is 6.37. The predicted octanol–water partition coefficient (Wildman–Crippen LogP) is 1.00. The maximum Gasteiger partial charge on any atom is 0.251 e. The van der Waals surface area contributed by atoms with Gasteiger partial charge in [0.2, 0.25) is 5.91 Å². The molecule has 0 fully saturated rings. The van der Waals surface area contributed by atoms with Gasteiger partial charge in [-0.15, -0.1) is 11.3 Å². The Morgan fingerprint density at radius 2 is 2.26 bits per heavy atom. The van der Waals surface area contributed by atoms with Gasteiger partial charge in [-0.05, 0) is 17.5 Å². The molecule has 0 aliphatic heterocycles. The highest BCUT2D eigenvalue weighted by molar-refractivity contribution is 7.14. The zero-order valence-corrected chi connectivity index (χ0v) is 10.6. The minimum absolute atomic E-state index is 0.146. The van der Waals surface area contributed by atoms with E-state index in [1.165, 1.54) is 34.2 Å². The molecule has 19 heavy (non-hydrogen) atoms. The van der Waals surface area contributed by atoms with Gasteiger partial charge in [-0.3, -0.25) is 9.59 Å². The summed E-state index contributed by atoms with van der Waals surface area (Å²) in [7, 11) is 0. The molecular weight excluding hydrogens is 264 g/mol. The van der Waals surface area contributed by atoms with E-state index in [0.29, 0.717) is 16.3 Å². The van der Waals surface area contributed by atoms with Gasteiger partial charge in [-0.25, -0.2) is 0 Å². The third kappa shape index (κ3) is 3.00. The van der Waals surface area contributed by atoms with Crippen molar-refractivity contribution in [2.75, 3.05) is 11.1 Å². The third-order valence-corrected chi connectivity index (χ3v) is 3.19. The maximum absolute atomic E-state index is 11.8. The van der Waals surface area contributed by atoms with Gasteiger partial charge < -0.3 is 15.6 Å². The van der Waals surface area contributed by atoms with E-state index in [1.807, 2.05) is 6.07 Å². The molecule has 0 saturated carbocycles. The number of hydrogen-bond acceptors (Lipinski definition) is 5. The summed E-state index contributed by atoms with van der Waals surface area (Å²) in [6.07, 6.45) is 1.40. The summed E-state index contributed by atoms with van der Waals surface area (Å²) >= 11 is 1.25. The number of pyridine rings is 1. The largest absolute Gasteiger partial charge is 0.398 e. The zero-order valence-electron chi connectivity index (χ0n) is 9.79. The smallest absolute Gasteiger partial charge is 0.251 e. The van der Waals surface area contributed by atoms with Gasteiger partial charge in [-0.1, -0.05) is 0 Å². The summed E-state index contributed by atoms with van der Waals surface area (Å²) in [5.74, 6) is -0.383. The Kier molecular flexibility index (Phi) is 3.63. The molecule has 6 nitrogen and oxygen atoms in total. The normalized spacial score (nSPS) is 9.84. The Morgan fingerprint density at radius 1 is 1.47 bits per heavy atom. The highest BCUT2D eigenvalue weighted by Crippen LogP contribution is 2.21. The minimum atomic E-state index is -0.383. The van der Waals surface area contributed by atoms with Crippen molar-refractivity contribution in [2.45, 2.75) is 6.54 Å². The third-order valence-electron chi connectivity index (χ3n) is 2.36. The molecular formula is C12H10N4O2S. The number of nitrogens with two attached hydrogens (primary N) is 1. The molecule has 0 aromatic carbocycles. The first-order chi connectivity index (χ1) is 9.10. The molecule has 2 rings (SSSR count). The number of rotatable bonds is 3. The Bertz CT molecular complexity index is 711. The van der Waals surface area contributed by atoms with Gasteiger partial charge in [0.15, 0.2) is 0 Å². The van der Waals surface area contributed by atoms with Crippen molar-refractivity contribution in [3.8, 4) is 6.07 Å². The lowest BCUT2D eigenvalue weighted by atomic mass is 10.3. The summed E-state index contributed by atoms with van der Waals surface area (Å²) in [5.41, 5.74) is 6.05. The highest BCUT2D eigenvalue weighted by atomic mass is 32.1. The van der Waals surface area contributed by atoms with Crippen LogP contribution in [-0.2, 0) is 11.3 Å². The van der Waals surface area contributed by atoms with Gasteiger partial charge in [0.1, 0.15) is 17.6 Å². The van der Waals surface area contributed by atoms with Crippen molar-refractivity contribution in [2.24, 2.45) is 0 Å². The number of nitrogens with one attached hydrogen (secondary N) is 1. The number of aromatic nitrogens is 1. The molecule has 0 aliphatic carbocycles. The molecule has 1 amide bonds. The average Bonchev–Trinajstić information content (AvgIpc) is 2.81. The van der Waals surface area contributed by atoms with Crippen molar-refractivity contribution in [3.63, 3.8) is 0 Å². The zero-order chi connectivity index (χ0) is 13.8. The number of carbonyl (C=O) groups excluding carboxylic acids is 1. The second kappa shape index (κ2) is 5.37. The molecule has 2 heterocycles. The summed E-state index contributed by atoms with van der Waals surface area (Å²) in [4.78, 5) is 23.3. The van der Waals surface area contributed by atoms with E-state index in [4.69, 9.17) is 11.0 Å². The van der Waals surface area contributed by atoms with Gasteiger partial charge in [0.05, 0.1) is 5.56 Å². The number of anilines is 2. The Balaban J connectivity index is 2.12. The van der Waals surface area contributed by atoms with E-state index in [-0.39, 0.29) is 18.0 Å².